The molecule has 0 aliphatic heterocycles. The molecule has 3 nitrogen and oxygen atoms in total. The molecule has 0 atom stereocenters. The lowest BCUT2D eigenvalue weighted by Crippen LogP contribution is -1.90. The van der Waals surface area contributed by atoms with Crippen LogP contribution in [0.1, 0.15) is 5.56 Å². The van der Waals surface area contributed by atoms with Gasteiger partial charge < -0.3 is 0 Å². The average molecular weight is 165 g/mol. The molecule has 56 valence electrons. The topological polar surface area (TPSA) is 30.2 Å². The molecule has 11 heavy (non-hydrogen) atoms. The van der Waals surface area contributed by atoms with Crippen molar-refractivity contribution in [1.29, 1.82) is 0 Å². The predicted octanol–water partition coefficient (Wildman–Crippen LogP) is 1.16. The molecular weight excluding hydrogens is 158 g/mol. The SMILES string of the molecule is SCc1cnn2ncccc12. The Bertz CT molecular complexity index is 368. The quantitative estimate of drug-likeness (QED) is 0.643. The van der Waals surface area contributed by atoms with Crippen LogP contribution < -0.4 is 0 Å². The van der Waals surface area contributed by atoms with E-state index in [0.717, 1.165) is 11.1 Å². The van der Waals surface area contributed by atoms with Crippen molar-refractivity contribution in [3.05, 3.63) is 30.1 Å². The van der Waals surface area contributed by atoms with E-state index < -0.39 is 0 Å². The van der Waals surface area contributed by atoms with Gasteiger partial charge in [-0.1, -0.05) is 0 Å². The molecule has 2 aromatic heterocycles. The number of thiol groups is 1. The minimum Gasteiger partial charge on any atom is -0.174 e. The minimum atomic E-state index is 0.704. The maximum Gasteiger partial charge on any atom is 0.0913 e. The summed E-state index contributed by atoms with van der Waals surface area (Å²) in [4.78, 5) is 0. The number of hydrogen-bond acceptors (Lipinski definition) is 3. The van der Waals surface area contributed by atoms with Crippen LogP contribution in [0.5, 0.6) is 0 Å². The first kappa shape index (κ1) is 6.67. The van der Waals surface area contributed by atoms with Crippen LogP contribution in [0.25, 0.3) is 5.52 Å². The fourth-order valence-corrected chi connectivity index (χ4v) is 1.25. The molecule has 0 unspecified atom stereocenters. The van der Waals surface area contributed by atoms with Crippen molar-refractivity contribution < 1.29 is 0 Å². The fourth-order valence-electron chi connectivity index (χ4n) is 1.00. The monoisotopic (exact) mass is 165 g/mol. The first-order chi connectivity index (χ1) is 5.42. The van der Waals surface area contributed by atoms with Crippen LogP contribution in [0.15, 0.2) is 24.5 Å². The van der Waals surface area contributed by atoms with E-state index in [1.807, 2.05) is 12.1 Å². The number of nitrogens with zero attached hydrogens (tertiary/aromatic N) is 3. The standard InChI is InChI=1S/C7H7N3S/c11-5-6-4-9-10-7(6)2-1-3-8-10/h1-4,11H,5H2. The highest BCUT2D eigenvalue weighted by Crippen LogP contribution is 2.09. The maximum absolute atomic E-state index is 4.17. The normalized spacial score (nSPS) is 10.6. The molecule has 4 heteroatoms. The molecule has 0 saturated carbocycles. The predicted molar refractivity (Wildman–Crippen MR) is 45.7 cm³/mol. The lowest BCUT2D eigenvalue weighted by Gasteiger charge is -1.90. The molecule has 0 radical (unpaired) electrons. The van der Waals surface area contributed by atoms with Crippen molar-refractivity contribution in [3.63, 3.8) is 0 Å². The third-order valence-corrected chi connectivity index (χ3v) is 1.89. The second kappa shape index (κ2) is 2.54. The molecule has 2 rings (SSSR count). The van der Waals surface area contributed by atoms with Crippen LogP contribution in [0.3, 0.4) is 0 Å². The number of aromatic nitrogens is 3. The van der Waals surface area contributed by atoms with E-state index in [0.29, 0.717) is 5.75 Å². The summed E-state index contributed by atoms with van der Waals surface area (Å²) in [5.41, 5.74) is 2.14. The molecule has 0 N–H and O–H groups in total. The van der Waals surface area contributed by atoms with Crippen LogP contribution in [-0.4, -0.2) is 14.8 Å². The molecular formula is C7H7N3S. The Morgan fingerprint density at radius 3 is 3.18 bits per heavy atom. The van der Waals surface area contributed by atoms with Gasteiger partial charge in [-0.05, 0) is 12.1 Å². The highest BCUT2D eigenvalue weighted by Gasteiger charge is 1.99. The minimum absolute atomic E-state index is 0.704. The van der Waals surface area contributed by atoms with Gasteiger partial charge in [0.1, 0.15) is 0 Å². The maximum atomic E-state index is 4.17. The Hall–Kier alpha value is -1.03. The second-order valence-electron chi connectivity index (χ2n) is 2.23. The summed E-state index contributed by atoms with van der Waals surface area (Å²) in [6.07, 6.45) is 3.50. The Morgan fingerprint density at radius 1 is 1.45 bits per heavy atom. The van der Waals surface area contributed by atoms with E-state index in [9.17, 15) is 0 Å². The van der Waals surface area contributed by atoms with E-state index in [1.54, 1.807) is 17.0 Å². The molecule has 0 saturated heterocycles. The van der Waals surface area contributed by atoms with Gasteiger partial charge in [0.15, 0.2) is 0 Å². The number of fused-ring (bicyclic) bond motifs is 1. The van der Waals surface area contributed by atoms with Gasteiger partial charge in [0.25, 0.3) is 0 Å². The highest BCUT2D eigenvalue weighted by atomic mass is 32.1. The van der Waals surface area contributed by atoms with Crippen molar-refractivity contribution in [3.8, 4) is 0 Å². The van der Waals surface area contributed by atoms with Gasteiger partial charge in [-0.15, -0.1) is 0 Å². The summed E-state index contributed by atoms with van der Waals surface area (Å²) in [6.45, 7) is 0. The summed E-state index contributed by atoms with van der Waals surface area (Å²) in [7, 11) is 0. The lowest BCUT2D eigenvalue weighted by atomic mass is 10.3. The van der Waals surface area contributed by atoms with Gasteiger partial charge >= 0.3 is 0 Å². The zero-order chi connectivity index (χ0) is 7.68. The van der Waals surface area contributed by atoms with Gasteiger partial charge in [0.05, 0.1) is 11.7 Å². The van der Waals surface area contributed by atoms with Gasteiger partial charge in [-0.25, -0.2) is 0 Å². The van der Waals surface area contributed by atoms with Crippen molar-refractivity contribution >= 4 is 18.1 Å². The van der Waals surface area contributed by atoms with Gasteiger partial charge in [-0.2, -0.15) is 27.5 Å². The van der Waals surface area contributed by atoms with E-state index in [1.165, 1.54) is 0 Å². The largest absolute Gasteiger partial charge is 0.174 e. The molecule has 2 aromatic rings. The van der Waals surface area contributed by atoms with Crippen LogP contribution >= 0.6 is 12.6 Å². The third kappa shape index (κ3) is 0.991. The zero-order valence-corrected chi connectivity index (χ0v) is 6.70. The van der Waals surface area contributed by atoms with E-state index in [4.69, 9.17) is 0 Å². The molecule has 0 spiro atoms. The Morgan fingerprint density at radius 2 is 2.36 bits per heavy atom. The smallest absolute Gasteiger partial charge is 0.0913 e. The molecule has 0 aliphatic rings. The van der Waals surface area contributed by atoms with Crippen molar-refractivity contribution in [1.82, 2.24) is 14.8 Å². The number of hydrogen-bond donors (Lipinski definition) is 1. The van der Waals surface area contributed by atoms with E-state index in [-0.39, 0.29) is 0 Å². The molecule has 0 amide bonds. The summed E-state index contributed by atoms with van der Waals surface area (Å²) in [5.74, 6) is 0.704. The second-order valence-corrected chi connectivity index (χ2v) is 2.54. The number of rotatable bonds is 1. The molecule has 0 bridgehead atoms. The van der Waals surface area contributed by atoms with Gasteiger partial charge in [-0.3, -0.25) is 0 Å². The Balaban J connectivity index is 2.76. The zero-order valence-electron chi connectivity index (χ0n) is 5.81. The van der Waals surface area contributed by atoms with Crippen molar-refractivity contribution in [2.24, 2.45) is 0 Å². The van der Waals surface area contributed by atoms with Crippen molar-refractivity contribution in [2.75, 3.05) is 0 Å². The van der Waals surface area contributed by atoms with Gasteiger partial charge in [0, 0.05) is 17.5 Å². The van der Waals surface area contributed by atoms with Gasteiger partial charge in [0.2, 0.25) is 0 Å². The van der Waals surface area contributed by atoms with E-state index in [2.05, 4.69) is 22.8 Å². The fraction of sp³-hybridized carbons (Fsp3) is 0.143. The Labute approximate surface area is 69.4 Å². The van der Waals surface area contributed by atoms with Crippen LogP contribution in [-0.2, 0) is 5.75 Å². The molecule has 0 aliphatic carbocycles. The summed E-state index contributed by atoms with van der Waals surface area (Å²) < 4.78 is 1.60. The Kier molecular flexibility index (Phi) is 1.54. The van der Waals surface area contributed by atoms with Crippen molar-refractivity contribution in [2.45, 2.75) is 5.75 Å². The molecule has 2 heterocycles. The summed E-state index contributed by atoms with van der Waals surface area (Å²) in [6, 6.07) is 3.87. The molecule has 0 fully saturated rings. The van der Waals surface area contributed by atoms with Crippen LogP contribution in [0, 0.1) is 0 Å². The molecule has 0 aromatic carbocycles. The first-order valence-electron chi connectivity index (χ1n) is 3.30. The van der Waals surface area contributed by atoms with Crippen LogP contribution in [0.2, 0.25) is 0 Å². The highest BCUT2D eigenvalue weighted by molar-refractivity contribution is 7.79. The first-order valence-corrected chi connectivity index (χ1v) is 3.94. The summed E-state index contributed by atoms with van der Waals surface area (Å²) >= 11 is 4.17. The third-order valence-electron chi connectivity index (χ3n) is 1.55. The lowest BCUT2D eigenvalue weighted by molar-refractivity contribution is 0.800. The van der Waals surface area contributed by atoms with E-state index >= 15 is 0 Å². The van der Waals surface area contributed by atoms with Crippen LogP contribution in [0.4, 0.5) is 0 Å². The average Bonchev–Trinajstić information content (AvgIpc) is 2.47. The summed E-state index contributed by atoms with van der Waals surface area (Å²) in [5, 5.41) is 8.07.